The van der Waals surface area contributed by atoms with Crippen LogP contribution < -0.4 is 0 Å². The van der Waals surface area contributed by atoms with Gasteiger partial charge in [0.1, 0.15) is 4.90 Å². The van der Waals surface area contributed by atoms with Crippen molar-refractivity contribution in [2.45, 2.75) is 38.0 Å². The minimum absolute atomic E-state index is 0.143. The lowest BCUT2D eigenvalue weighted by Gasteiger charge is -2.15. The Bertz CT molecular complexity index is 705. The molecule has 0 saturated carbocycles. The van der Waals surface area contributed by atoms with E-state index in [2.05, 4.69) is 13.8 Å². The third-order valence-corrected chi connectivity index (χ3v) is 5.04. The first-order valence-electron chi connectivity index (χ1n) is 6.92. The summed E-state index contributed by atoms with van der Waals surface area (Å²) in [6, 6.07) is 11.2. The van der Waals surface area contributed by atoms with Crippen LogP contribution >= 0.6 is 0 Å². The first-order valence-corrected chi connectivity index (χ1v) is 8.33. The van der Waals surface area contributed by atoms with Crippen LogP contribution in [-0.4, -0.2) is 15.0 Å². The average molecular weight is 292 g/mol. The third-order valence-electron chi connectivity index (χ3n) is 3.60. The molecule has 2 aromatic rings. The molecule has 0 radical (unpaired) electrons. The molecule has 0 N–H and O–H groups in total. The normalized spacial score (nSPS) is 13.6. The van der Waals surface area contributed by atoms with E-state index in [0.717, 1.165) is 17.2 Å². The van der Waals surface area contributed by atoms with Gasteiger partial charge >= 0.3 is 0 Å². The minimum Gasteiger partial charge on any atom is -0.267 e. The van der Waals surface area contributed by atoms with E-state index in [9.17, 15) is 8.42 Å². The Morgan fingerprint density at radius 1 is 1.05 bits per heavy atom. The maximum atomic E-state index is 12.2. The molecule has 20 heavy (non-hydrogen) atoms. The zero-order valence-corrected chi connectivity index (χ0v) is 12.9. The molecule has 4 heteroatoms. The lowest BCUT2D eigenvalue weighted by atomic mass is 9.93. The second-order valence-electron chi connectivity index (χ2n) is 4.87. The van der Waals surface area contributed by atoms with Crippen molar-refractivity contribution in [1.82, 2.24) is 0 Å². The Balaban J connectivity index is 2.72. The van der Waals surface area contributed by atoms with Crippen molar-refractivity contribution in [3.05, 3.63) is 42.0 Å². The monoisotopic (exact) mass is 292 g/mol. The summed E-state index contributed by atoms with van der Waals surface area (Å²) >= 11 is 0. The van der Waals surface area contributed by atoms with E-state index in [1.807, 2.05) is 30.3 Å². The van der Waals surface area contributed by atoms with Gasteiger partial charge in [-0.3, -0.25) is 4.18 Å². The van der Waals surface area contributed by atoms with Gasteiger partial charge in [-0.2, -0.15) is 8.42 Å². The first-order chi connectivity index (χ1) is 9.51. The maximum Gasteiger partial charge on any atom is 0.297 e. The molecule has 0 aliphatic carbocycles. The molecule has 0 aliphatic heterocycles. The van der Waals surface area contributed by atoms with Crippen LogP contribution in [0.4, 0.5) is 0 Å². The standard InChI is InChI=1S/C16H20O3S/c1-4-12(3)13-10-11-16(20(17,18)19-5-2)15-9-7-6-8-14(13)15/h6-12H,4-5H2,1-3H3. The van der Waals surface area contributed by atoms with Gasteiger partial charge in [0.25, 0.3) is 10.1 Å². The predicted molar refractivity (Wildman–Crippen MR) is 81.5 cm³/mol. The summed E-state index contributed by atoms with van der Waals surface area (Å²) in [4.78, 5) is 0.252. The van der Waals surface area contributed by atoms with Gasteiger partial charge in [-0.05, 0) is 36.3 Å². The van der Waals surface area contributed by atoms with Crippen LogP contribution in [0.2, 0.25) is 0 Å². The number of fused-ring (bicyclic) bond motifs is 1. The predicted octanol–water partition coefficient (Wildman–Crippen LogP) is 4.08. The zero-order chi connectivity index (χ0) is 14.8. The van der Waals surface area contributed by atoms with Crippen LogP contribution in [-0.2, 0) is 14.3 Å². The van der Waals surface area contributed by atoms with Gasteiger partial charge in [-0.15, -0.1) is 0 Å². The van der Waals surface area contributed by atoms with Gasteiger partial charge in [-0.25, -0.2) is 0 Å². The van der Waals surface area contributed by atoms with Crippen LogP contribution in [0, 0.1) is 0 Å². The Kier molecular flexibility index (Phi) is 4.45. The summed E-state index contributed by atoms with van der Waals surface area (Å²) in [6.45, 7) is 6.10. The molecule has 2 aromatic carbocycles. The molecule has 0 aromatic heterocycles. The first kappa shape index (κ1) is 15.0. The van der Waals surface area contributed by atoms with Crippen molar-refractivity contribution < 1.29 is 12.6 Å². The Morgan fingerprint density at radius 2 is 1.70 bits per heavy atom. The van der Waals surface area contributed by atoms with E-state index in [0.29, 0.717) is 5.92 Å². The molecule has 0 bridgehead atoms. The van der Waals surface area contributed by atoms with Crippen LogP contribution in [0.1, 0.15) is 38.7 Å². The Labute approximate surface area is 120 Å². The number of hydrogen-bond donors (Lipinski definition) is 0. The highest BCUT2D eigenvalue weighted by molar-refractivity contribution is 7.87. The summed E-state index contributed by atoms with van der Waals surface area (Å²) in [6.07, 6.45) is 1.02. The van der Waals surface area contributed by atoms with E-state index in [4.69, 9.17) is 4.18 Å². The number of benzene rings is 2. The molecule has 3 nitrogen and oxygen atoms in total. The van der Waals surface area contributed by atoms with E-state index in [-0.39, 0.29) is 11.5 Å². The van der Waals surface area contributed by atoms with E-state index in [1.54, 1.807) is 13.0 Å². The maximum absolute atomic E-state index is 12.2. The van der Waals surface area contributed by atoms with Crippen molar-refractivity contribution in [2.24, 2.45) is 0 Å². The second kappa shape index (κ2) is 5.94. The molecule has 0 heterocycles. The summed E-state index contributed by atoms with van der Waals surface area (Å²) < 4.78 is 29.3. The van der Waals surface area contributed by atoms with Gasteiger partial charge in [0.2, 0.25) is 0 Å². The second-order valence-corrected chi connectivity index (χ2v) is 6.45. The third kappa shape index (κ3) is 2.72. The van der Waals surface area contributed by atoms with Gasteiger partial charge in [0, 0.05) is 5.39 Å². The van der Waals surface area contributed by atoms with Gasteiger partial charge in [0.05, 0.1) is 6.61 Å². The summed E-state index contributed by atoms with van der Waals surface area (Å²) in [7, 11) is -3.69. The van der Waals surface area contributed by atoms with Crippen LogP contribution in [0.3, 0.4) is 0 Å². The highest BCUT2D eigenvalue weighted by Gasteiger charge is 2.19. The highest BCUT2D eigenvalue weighted by Crippen LogP contribution is 2.32. The molecule has 108 valence electrons. The number of hydrogen-bond acceptors (Lipinski definition) is 3. The van der Waals surface area contributed by atoms with Crippen molar-refractivity contribution in [3.63, 3.8) is 0 Å². The molecule has 0 saturated heterocycles. The molecular weight excluding hydrogens is 272 g/mol. The van der Waals surface area contributed by atoms with E-state index < -0.39 is 10.1 Å². The fraction of sp³-hybridized carbons (Fsp3) is 0.375. The average Bonchev–Trinajstić information content (AvgIpc) is 2.45. The molecular formula is C16H20O3S. The van der Waals surface area contributed by atoms with Crippen LogP contribution in [0.25, 0.3) is 10.8 Å². The Morgan fingerprint density at radius 3 is 2.30 bits per heavy atom. The van der Waals surface area contributed by atoms with E-state index in [1.165, 1.54) is 5.56 Å². The Hall–Kier alpha value is -1.39. The molecule has 0 amide bonds. The molecule has 1 atom stereocenters. The van der Waals surface area contributed by atoms with E-state index >= 15 is 0 Å². The van der Waals surface area contributed by atoms with Gasteiger partial charge in [0.15, 0.2) is 0 Å². The fourth-order valence-corrected chi connectivity index (χ4v) is 3.50. The van der Waals surface area contributed by atoms with Gasteiger partial charge in [-0.1, -0.05) is 44.2 Å². The van der Waals surface area contributed by atoms with Crippen LogP contribution in [0.15, 0.2) is 41.3 Å². The largest absolute Gasteiger partial charge is 0.297 e. The topological polar surface area (TPSA) is 43.4 Å². The SMILES string of the molecule is CCOS(=O)(=O)c1ccc(C(C)CC)c2ccccc12. The fourth-order valence-electron chi connectivity index (χ4n) is 2.38. The lowest BCUT2D eigenvalue weighted by Crippen LogP contribution is -2.07. The lowest BCUT2D eigenvalue weighted by molar-refractivity contribution is 0.338. The van der Waals surface area contributed by atoms with Crippen molar-refractivity contribution in [2.75, 3.05) is 6.61 Å². The van der Waals surface area contributed by atoms with Crippen molar-refractivity contribution in [1.29, 1.82) is 0 Å². The summed E-state index contributed by atoms with van der Waals surface area (Å²) in [5, 5.41) is 1.72. The smallest absolute Gasteiger partial charge is 0.267 e. The molecule has 0 spiro atoms. The molecule has 1 unspecified atom stereocenters. The minimum atomic E-state index is -3.69. The van der Waals surface area contributed by atoms with Crippen LogP contribution in [0.5, 0.6) is 0 Å². The zero-order valence-electron chi connectivity index (χ0n) is 12.1. The quantitative estimate of drug-likeness (QED) is 0.780. The molecule has 0 fully saturated rings. The summed E-state index contributed by atoms with van der Waals surface area (Å²) in [5.41, 5.74) is 1.18. The summed E-state index contributed by atoms with van der Waals surface area (Å²) in [5.74, 6) is 0.392. The number of rotatable bonds is 5. The van der Waals surface area contributed by atoms with Gasteiger partial charge < -0.3 is 0 Å². The van der Waals surface area contributed by atoms with Crippen molar-refractivity contribution >= 4 is 20.9 Å². The van der Waals surface area contributed by atoms with Crippen molar-refractivity contribution in [3.8, 4) is 0 Å². The molecule has 2 rings (SSSR count). The highest BCUT2D eigenvalue weighted by atomic mass is 32.2. The molecule has 0 aliphatic rings.